The number of aromatic nitrogens is 5. The summed E-state index contributed by atoms with van der Waals surface area (Å²) in [4.78, 5) is 16.6. The molecule has 0 bridgehead atoms. The zero-order valence-corrected chi connectivity index (χ0v) is 52.8. The van der Waals surface area contributed by atoms with Crippen molar-refractivity contribution in [1.82, 2.24) is 24.1 Å². The van der Waals surface area contributed by atoms with Gasteiger partial charge in [0.2, 0.25) is 0 Å². The largest absolute Gasteiger partial charge is 0.309 e. The molecule has 98 heavy (non-hydrogen) atoms. The molecule has 3 heterocycles. The lowest BCUT2D eigenvalue weighted by Crippen LogP contribution is -2.03. The minimum atomic E-state index is 0.440. The molecule has 0 saturated heterocycles. The molecular weight excluding hydrogens is 1190 g/mol. The van der Waals surface area contributed by atoms with E-state index in [0.29, 0.717) is 34.2 Å². The molecule has 14 aromatic carbocycles. The van der Waals surface area contributed by atoms with E-state index in [1.54, 1.807) is 0 Å². The maximum Gasteiger partial charge on any atom is 0.164 e. The predicted molar refractivity (Wildman–Crippen MR) is 397 cm³/mol. The van der Waals surface area contributed by atoms with Crippen molar-refractivity contribution in [3.05, 3.63) is 344 Å². The lowest BCUT2D eigenvalue weighted by Gasteiger charge is -2.16. The maximum atomic E-state index is 10.0. The van der Waals surface area contributed by atoms with Crippen molar-refractivity contribution in [1.29, 1.82) is 15.8 Å². The smallest absolute Gasteiger partial charge is 0.164 e. The van der Waals surface area contributed by atoms with Crippen LogP contribution in [0, 0.1) is 34.0 Å². The standard InChI is InChI=1S/C90H54N8/c91-55-58-24-28-66(29-25-58)74-45-76(49-78(47-74)97-84-40-36-70(61-15-5-1-6-16-61)51-80(84)81-52-71(37-41-85(81)97)62-17-7-2-8-18-62)89-94-88(68-34-32-65(33-35-68)69-23-13-14-60(44-69)57-93)95-90(96-89)77-46-75(67-30-26-59(56-92)27-31-67)48-79(50-77)98-86-42-38-72(63-19-9-3-10-20-63)53-82(86)83-54-73(39-43-87(83)98)64-21-11-4-12-22-64/h1-54H. The Kier molecular flexibility index (Phi) is 14.5. The van der Waals surface area contributed by atoms with Crippen LogP contribution in [0.1, 0.15) is 16.7 Å². The summed E-state index contributed by atoms with van der Waals surface area (Å²) in [7, 11) is 0. The number of fused-ring (bicyclic) bond motifs is 6. The number of hydrogen-bond donors (Lipinski definition) is 0. The average molecular weight is 1250 g/mol. The van der Waals surface area contributed by atoms with Crippen LogP contribution in [0.2, 0.25) is 0 Å². The van der Waals surface area contributed by atoms with Crippen molar-refractivity contribution in [2.24, 2.45) is 0 Å². The lowest BCUT2D eigenvalue weighted by atomic mass is 9.99. The Morgan fingerprint density at radius 3 is 0.806 bits per heavy atom. The first-order valence-corrected chi connectivity index (χ1v) is 32.4. The van der Waals surface area contributed by atoms with Crippen molar-refractivity contribution in [3.63, 3.8) is 0 Å². The molecule has 0 saturated carbocycles. The molecule has 0 unspecified atom stereocenters. The summed E-state index contributed by atoms with van der Waals surface area (Å²) in [6, 6.07) is 120. The fourth-order valence-electron chi connectivity index (χ4n) is 13.7. The lowest BCUT2D eigenvalue weighted by molar-refractivity contribution is 1.07. The summed E-state index contributed by atoms with van der Waals surface area (Å²) < 4.78 is 4.69. The molecule has 0 spiro atoms. The number of hydrogen-bond acceptors (Lipinski definition) is 6. The molecule has 0 N–H and O–H groups in total. The Hall–Kier alpha value is -13.8. The van der Waals surface area contributed by atoms with Gasteiger partial charge in [0.25, 0.3) is 0 Å². The first-order chi connectivity index (χ1) is 48.4. The molecule has 454 valence electrons. The predicted octanol–water partition coefficient (Wildman–Crippen LogP) is 22.4. The van der Waals surface area contributed by atoms with Gasteiger partial charge in [-0.1, -0.05) is 206 Å². The third kappa shape index (κ3) is 10.8. The normalized spacial score (nSPS) is 11.2. The average Bonchev–Trinajstić information content (AvgIpc) is 1.56. The van der Waals surface area contributed by atoms with Crippen LogP contribution in [0.5, 0.6) is 0 Å². The van der Waals surface area contributed by atoms with E-state index >= 15 is 0 Å². The Morgan fingerprint density at radius 2 is 0.459 bits per heavy atom. The van der Waals surface area contributed by atoms with Gasteiger partial charge in [-0.3, -0.25) is 0 Å². The third-order valence-electron chi connectivity index (χ3n) is 18.6. The quantitative estimate of drug-likeness (QED) is 0.120. The van der Waals surface area contributed by atoms with Gasteiger partial charge < -0.3 is 9.13 Å². The second kappa shape index (κ2) is 24.6. The van der Waals surface area contributed by atoms with Gasteiger partial charge in [-0.15, -0.1) is 0 Å². The van der Waals surface area contributed by atoms with Crippen molar-refractivity contribution in [2.75, 3.05) is 0 Å². The molecule has 0 amide bonds. The highest BCUT2D eigenvalue weighted by molar-refractivity contribution is 6.13. The Bertz CT molecular complexity index is 5580. The zero-order chi connectivity index (χ0) is 65.6. The highest BCUT2D eigenvalue weighted by Crippen LogP contribution is 2.43. The summed E-state index contributed by atoms with van der Waals surface area (Å²) in [5, 5.41) is 34.4. The number of nitriles is 3. The van der Waals surface area contributed by atoms with Crippen LogP contribution in [0.15, 0.2) is 328 Å². The van der Waals surface area contributed by atoms with Crippen molar-refractivity contribution in [3.8, 4) is 142 Å². The molecule has 8 nitrogen and oxygen atoms in total. The molecule has 0 atom stereocenters. The van der Waals surface area contributed by atoms with Crippen LogP contribution in [0.4, 0.5) is 0 Å². The van der Waals surface area contributed by atoms with Gasteiger partial charge in [0.15, 0.2) is 17.5 Å². The first kappa shape index (κ1) is 58.0. The molecule has 0 fully saturated rings. The highest BCUT2D eigenvalue weighted by Gasteiger charge is 2.23. The van der Waals surface area contributed by atoms with Gasteiger partial charge in [0.1, 0.15) is 0 Å². The van der Waals surface area contributed by atoms with Crippen LogP contribution in [-0.4, -0.2) is 24.1 Å². The van der Waals surface area contributed by atoms with Crippen LogP contribution in [-0.2, 0) is 0 Å². The van der Waals surface area contributed by atoms with E-state index in [1.807, 2.05) is 121 Å². The summed E-state index contributed by atoms with van der Waals surface area (Å²) in [6.45, 7) is 0. The van der Waals surface area contributed by atoms with Gasteiger partial charge >= 0.3 is 0 Å². The highest BCUT2D eigenvalue weighted by atomic mass is 15.0. The van der Waals surface area contributed by atoms with Crippen LogP contribution in [0.3, 0.4) is 0 Å². The van der Waals surface area contributed by atoms with Gasteiger partial charge in [0, 0.05) is 49.6 Å². The van der Waals surface area contributed by atoms with Gasteiger partial charge in [-0.2, -0.15) is 15.8 Å². The van der Waals surface area contributed by atoms with E-state index < -0.39 is 0 Å². The monoisotopic (exact) mass is 1250 g/mol. The molecule has 0 aliphatic heterocycles. The molecule has 0 aliphatic carbocycles. The Labute approximate surface area is 566 Å². The summed E-state index contributed by atoms with van der Waals surface area (Å²) in [5.41, 5.74) is 24.2. The zero-order valence-electron chi connectivity index (χ0n) is 52.8. The van der Waals surface area contributed by atoms with E-state index in [1.165, 1.54) is 0 Å². The van der Waals surface area contributed by atoms with Crippen molar-refractivity contribution in [2.45, 2.75) is 0 Å². The number of nitrogens with zero attached hydrogens (tertiary/aromatic N) is 8. The fraction of sp³-hybridized carbons (Fsp3) is 0. The molecule has 0 radical (unpaired) electrons. The Morgan fingerprint density at radius 1 is 0.194 bits per heavy atom. The summed E-state index contributed by atoms with van der Waals surface area (Å²) in [6.07, 6.45) is 0. The molecular formula is C90H54N8. The van der Waals surface area contributed by atoms with Crippen molar-refractivity contribution >= 4 is 43.6 Å². The second-order valence-corrected chi connectivity index (χ2v) is 24.6. The number of rotatable bonds is 12. The molecule has 17 rings (SSSR count). The SMILES string of the molecule is N#Cc1ccc(-c2cc(-c3nc(-c4ccc(-c5cccc(C#N)c5)cc4)nc(-c4cc(-c5ccc(C#N)cc5)cc(-n5c6ccc(-c7ccccc7)cc6c6cc(-c7ccccc7)ccc65)c4)n3)cc(-n3c4ccc(-c5ccccc5)cc4c4cc(-c5ccccc5)ccc43)c2)cc1. The van der Waals surface area contributed by atoms with E-state index in [9.17, 15) is 15.8 Å². The van der Waals surface area contributed by atoms with Crippen molar-refractivity contribution < 1.29 is 0 Å². The number of benzene rings is 14. The fourth-order valence-corrected chi connectivity index (χ4v) is 13.7. The van der Waals surface area contributed by atoms with Gasteiger partial charge in [-0.05, 0) is 199 Å². The Balaban J connectivity index is 0.915. The van der Waals surface area contributed by atoms with Gasteiger partial charge in [-0.25, -0.2) is 15.0 Å². The maximum absolute atomic E-state index is 10.0. The van der Waals surface area contributed by atoms with Gasteiger partial charge in [0.05, 0.1) is 57.0 Å². The third-order valence-corrected chi connectivity index (χ3v) is 18.6. The van der Waals surface area contributed by atoms with E-state index in [-0.39, 0.29) is 0 Å². The molecule has 17 aromatic rings. The van der Waals surface area contributed by atoms with Crippen LogP contribution in [0.25, 0.3) is 167 Å². The second-order valence-electron chi connectivity index (χ2n) is 24.6. The first-order valence-electron chi connectivity index (χ1n) is 32.4. The van der Waals surface area contributed by atoms with E-state index in [4.69, 9.17) is 15.0 Å². The molecule has 8 heteroatoms. The summed E-state index contributed by atoms with van der Waals surface area (Å²) in [5.74, 6) is 1.33. The minimum absolute atomic E-state index is 0.440. The van der Waals surface area contributed by atoms with E-state index in [0.717, 1.165) is 150 Å². The van der Waals surface area contributed by atoms with Crippen LogP contribution < -0.4 is 0 Å². The van der Waals surface area contributed by atoms with Crippen LogP contribution >= 0.6 is 0 Å². The summed E-state index contributed by atoms with van der Waals surface area (Å²) >= 11 is 0. The molecule has 0 aliphatic rings. The topological polar surface area (TPSA) is 120 Å². The minimum Gasteiger partial charge on any atom is -0.309 e. The molecule has 3 aromatic heterocycles. The van der Waals surface area contributed by atoms with E-state index in [2.05, 4.69) is 234 Å².